The normalized spacial score (nSPS) is 17.6. The first-order valence-corrected chi connectivity index (χ1v) is 8.90. The first-order chi connectivity index (χ1) is 12.3. The Labute approximate surface area is 148 Å². The first kappa shape index (κ1) is 17.5. The summed E-state index contributed by atoms with van der Waals surface area (Å²) in [5.41, 5.74) is 1.01. The van der Waals surface area contributed by atoms with Gasteiger partial charge < -0.3 is 14.2 Å². The van der Waals surface area contributed by atoms with E-state index < -0.39 is 0 Å². The zero-order chi connectivity index (χ0) is 17.5. The Morgan fingerprint density at radius 3 is 3.08 bits per heavy atom. The van der Waals surface area contributed by atoms with Crippen LogP contribution in [0.1, 0.15) is 31.3 Å². The average Bonchev–Trinajstić information content (AvgIpc) is 3.13. The number of aromatic nitrogens is 4. The zero-order valence-corrected chi connectivity index (χ0v) is 14.7. The van der Waals surface area contributed by atoms with Gasteiger partial charge in [0.1, 0.15) is 12.2 Å². The van der Waals surface area contributed by atoms with Crippen molar-refractivity contribution >= 4 is 5.91 Å². The maximum atomic E-state index is 12.5. The van der Waals surface area contributed by atoms with Crippen molar-refractivity contribution in [3.05, 3.63) is 42.5 Å². The monoisotopic (exact) mass is 343 g/mol. The van der Waals surface area contributed by atoms with Gasteiger partial charge in [-0.1, -0.05) is 6.92 Å². The molecule has 0 bridgehead atoms. The van der Waals surface area contributed by atoms with Crippen LogP contribution in [0.25, 0.3) is 0 Å². The lowest BCUT2D eigenvalue weighted by Gasteiger charge is -2.33. The molecule has 0 aliphatic carbocycles. The van der Waals surface area contributed by atoms with Crippen LogP contribution in [0.15, 0.2) is 31.0 Å². The fourth-order valence-corrected chi connectivity index (χ4v) is 3.13. The second-order valence-electron chi connectivity index (χ2n) is 6.21. The minimum absolute atomic E-state index is 0.0760. The lowest BCUT2D eigenvalue weighted by molar-refractivity contribution is -0.139. The van der Waals surface area contributed by atoms with Crippen LogP contribution in [0.2, 0.25) is 0 Å². The van der Waals surface area contributed by atoms with Gasteiger partial charge in [-0.3, -0.25) is 4.79 Å². The van der Waals surface area contributed by atoms with Gasteiger partial charge in [-0.05, 0) is 18.9 Å². The molecule has 0 aromatic carbocycles. The number of carbonyl (C=O) groups excluding carboxylic acids is 1. The molecule has 1 aliphatic heterocycles. The van der Waals surface area contributed by atoms with E-state index in [-0.39, 0.29) is 12.0 Å². The highest BCUT2D eigenvalue weighted by molar-refractivity contribution is 5.76. The lowest BCUT2D eigenvalue weighted by Crippen LogP contribution is -2.46. The maximum Gasteiger partial charge on any atom is 0.224 e. The summed E-state index contributed by atoms with van der Waals surface area (Å²) in [4.78, 5) is 26.9. The molecule has 3 rings (SSSR count). The second kappa shape index (κ2) is 8.71. The molecule has 1 saturated heterocycles. The van der Waals surface area contributed by atoms with E-state index in [1.165, 1.54) is 0 Å². The molecule has 0 N–H and O–H groups in total. The first-order valence-electron chi connectivity index (χ1n) is 8.90. The Bertz CT molecular complexity index is 673. The predicted molar refractivity (Wildman–Crippen MR) is 92.9 cm³/mol. The van der Waals surface area contributed by atoms with Crippen molar-refractivity contribution in [1.82, 2.24) is 24.4 Å². The molecule has 1 amide bonds. The summed E-state index contributed by atoms with van der Waals surface area (Å²) in [6, 6.07) is 1.92. The molecule has 134 valence electrons. The predicted octanol–water partition coefficient (Wildman–Crippen LogP) is 1.49. The standard InChI is InChI=1S/C18H25N5O2/c1-2-17-20-8-10-22(17)9-6-18(24)23-11-12-25-16(13-23)4-3-15-5-7-19-14-21-15/h5,7-8,10,14,16H,2-4,6,9,11-13H2,1H3/t16-/m1/s1. The molecular formula is C18H25N5O2. The number of hydrogen-bond donors (Lipinski definition) is 0. The van der Waals surface area contributed by atoms with E-state index >= 15 is 0 Å². The van der Waals surface area contributed by atoms with E-state index in [1.807, 2.05) is 17.2 Å². The summed E-state index contributed by atoms with van der Waals surface area (Å²) in [5, 5.41) is 0. The van der Waals surface area contributed by atoms with E-state index in [9.17, 15) is 4.79 Å². The smallest absolute Gasteiger partial charge is 0.224 e. The molecule has 0 saturated carbocycles. The maximum absolute atomic E-state index is 12.5. The molecule has 25 heavy (non-hydrogen) atoms. The van der Waals surface area contributed by atoms with Crippen LogP contribution in [0.4, 0.5) is 0 Å². The van der Waals surface area contributed by atoms with Crippen molar-refractivity contribution in [2.45, 2.75) is 45.3 Å². The number of nitrogens with zero attached hydrogens (tertiary/aromatic N) is 5. The number of amides is 1. The number of aryl methyl sites for hydroxylation is 3. The third kappa shape index (κ3) is 4.85. The van der Waals surface area contributed by atoms with Crippen molar-refractivity contribution < 1.29 is 9.53 Å². The molecule has 7 nitrogen and oxygen atoms in total. The fraction of sp³-hybridized carbons (Fsp3) is 0.556. The molecule has 7 heteroatoms. The Balaban J connectivity index is 1.46. The molecule has 0 unspecified atom stereocenters. The van der Waals surface area contributed by atoms with Gasteiger partial charge in [-0.2, -0.15) is 0 Å². The molecule has 2 aromatic rings. The van der Waals surface area contributed by atoms with Gasteiger partial charge in [0.15, 0.2) is 0 Å². The van der Waals surface area contributed by atoms with Crippen LogP contribution in [0.3, 0.4) is 0 Å². The van der Waals surface area contributed by atoms with Gasteiger partial charge >= 0.3 is 0 Å². The molecule has 0 radical (unpaired) electrons. The molecule has 2 aromatic heterocycles. The van der Waals surface area contributed by atoms with E-state index in [1.54, 1.807) is 18.7 Å². The molecular weight excluding hydrogens is 318 g/mol. The minimum atomic E-state index is 0.0760. The number of carbonyl (C=O) groups is 1. The van der Waals surface area contributed by atoms with Gasteiger partial charge in [-0.15, -0.1) is 0 Å². The van der Waals surface area contributed by atoms with Gasteiger partial charge in [0.05, 0.1) is 12.7 Å². The molecule has 0 spiro atoms. The summed E-state index contributed by atoms with van der Waals surface area (Å²) in [6.45, 7) is 4.70. The summed E-state index contributed by atoms with van der Waals surface area (Å²) in [7, 11) is 0. The van der Waals surface area contributed by atoms with E-state index in [0.29, 0.717) is 32.7 Å². The third-order valence-electron chi connectivity index (χ3n) is 4.54. The van der Waals surface area contributed by atoms with Crippen molar-refractivity contribution in [3.63, 3.8) is 0 Å². The van der Waals surface area contributed by atoms with Gasteiger partial charge in [0.25, 0.3) is 0 Å². The van der Waals surface area contributed by atoms with Crippen LogP contribution in [-0.4, -0.2) is 56.1 Å². The van der Waals surface area contributed by atoms with Gasteiger partial charge in [0.2, 0.25) is 5.91 Å². The molecule has 3 heterocycles. The quantitative estimate of drug-likeness (QED) is 0.761. The number of imidazole rings is 1. The summed E-state index contributed by atoms with van der Waals surface area (Å²) < 4.78 is 7.87. The van der Waals surface area contributed by atoms with Gasteiger partial charge in [0, 0.05) is 56.8 Å². The topological polar surface area (TPSA) is 73.1 Å². The summed E-state index contributed by atoms with van der Waals surface area (Å²) in [5.74, 6) is 1.21. The molecule has 1 fully saturated rings. The number of ether oxygens (including phenoxy) is 1. The Morgan fingerprint density at radius 1 is 1.36 bits per heavy atom. The Hall–Kier alpha value is -2.28. The Morgan fingerprint density at radius 2 is 2.28 bits per heavy atom. The average molecular weight is 343 g/mol. The van der Waals surface area contributed by atoms with Crippen LogP contribution < -0.4 is 0 Å². The van der Waals surface area contributed by atoms with Crippen molar-refractivity contribution in [3.8, 4) is 0 Å². The highest BCUT2D eigenvalue weighted by atomic mass is 16.5. The van der Waals surface area contributed by atoms with E-state index in [0.717, 1.165) is 30.8 Å². The van der Waals surface area contributed by atoms with Gasteiger partial charge in [-0.25, -0.2) is 15.0 Å². The summed E-state index contributed by atoms with van der Waals surface area (Å²) in [6.07, 6.45) is 10.2. The number of hydrogen-bond acceptors (Lipinski definition) is 5. The molecule has 1 aliphatic rings. The molecule has 1 atom stereocenters. The van der Waals surface area contributed by atoms with Crippen LogP contribution in [-0.2, 0) is 28.9 Å². The summed E-state index contributed by atoms with van der Waals surface area (Å²) >= 11 is 0. The Kier molecular flexibility index (Phi) is 6.11. The fourth-order valence-electron chi connectivity index (χ4n) is 3.13. The van der Waals surface area contributed by atoms with Crippen LogP contribution >= 0.6 is 0 Å². The number of morpholine rings is 1. The lowest BCUT2D eigenvalue weighted by atomic mass is 10.1. The third-order valence-corrected chi connectivity index (χ3v) is 4.54. The minimum Gasteiger partial charge on any atom is -0.375 e. The van der Waals surface area contributed by atoms with Crippen molar-refractivity contribution in [2.75, 3.05) is 19.7 Å². The zero-order valence-electron chi connectivity index (χ0n) is 14.7. The van der Waals surface area contributed by atoms with Crippen molar-refractivity contribution in [2.24, 2.45) is 0 Å². The number of rotatable bonds is 7. The second-order valence-corrected chi connectivity index (χ2v) is 6.21. The SMILES string of the molecule is CCc1nccn1CCC(=O)N1CCO[C@H](CCc2ccncn2)C1. The van der Waals surface area contributed by atoms with E-state index in [4.69, 9.17) is 4.74 Å². The van der Waals surface area contributed by atoms with Crippen molar-refractivity contribution in [1.29, 1.82) is 0 Å². The van der Waals surface area contributed by atoms with E-state index in [2.05, 4.69) is 26.4 Å². The van der Waals surface area contributed by atoms with Crippen LogP contribution in [0.5, 0.6) is 0 Å². The largest absolute Gasteiger partial charge is 0.375 e. The highest BCUT2D eigenvalue weighted by Gasteiger charge is 2.24. The highest BCUT2D eigenvalue weighted by Crippen LogP contribution is 2.13. The van der Waals surface area contributed by atoms with Crippen LogP contribution in [0, 0.1) is 0 Å².